The Kier molecular flexibility index (Phi) is 3.61. The minimum Gasteiger partial charge on any atom is -0.362 e. The fourth-order valence-electron chi connectivity index (χ4n) is 3.15. The summed E-state index contributed by atoms with van der Waals surface area (Å²) in [5.41, 5.74) is 3.88. The molecule has 1 aromatic carbocycles. The van der Waals surface area contributed by atoms with Crippen molar-refractivity contribution in [1.82, 2.24) is 19.4 Å². The molecule has 0 fully saturated rings. The number of imidazole rings is 1. The van der Waals surface area contributed by atoms with Gasteiger partial charge in [-0.3, -0.25) is 9.38 Å². The molecule has 0 saturated heterocycles. The lowest BCUT2D eigenvalue weighted by molar-refractivity contribution is 1.09. The second kappa shape index (κ2) is 6.24. The molecule has 0 radical (unpaired) electrons. The molecule has 4 aromatic heterocycles. The summed E-state index contributed by atoms with van der Waals surface area (Å²) >= 11 is 1.73. The van der Waals surface area contributed by atoms with E-state index in [0.29, 0.717) is 0 Å². The number of benzene rings is 1. The highest BCUT2D eigenvalue weighted by Crippen LogP contribution is 2.29. The molecular weight excluding hydrogens is 342 g/mol. The van der Waals surface area contributed by atoms with Crippen LogP contribution in [0.2, 0.25) is 0 Å². The first-order valence-corrected chi connectivity index (χ1v) is 9.20. The Balaban J connectivity index is 1.61. The number of rotatable bonds is 4. The average Bonchev–Trinajstić information content (AvgIpc) is 3.38. The van der Waals surface area contributed by atoms with Crippen LogP contribution in [0.5, 0.6) is 0 Å². The summed E-state index contributed by atoms with van der Waals surface area (Å²) in [6.07, 6.45) is 7.49. The maximum Gasteiger partial charge on any atom is 0.180 e. The summed E-state index contributed by atoms with van der Waals surface area (Å²) in [6.45, 7) is 0.741. The lowest BCUT2D eigenvalue weighted by Gasteiger charge is -2.11. The van der Waals surface area contributed by atoms with Crippen LogP contribution in [0.4, 0.5) is 5.82 Å². The van der Waals surface area contributed by atoms with Gasteiger partial charge in [0.05, 0.1) is 24.0 Å². The Morgan fingerprint density at radius 2 is 1.96 bits per heavy atom. The standard InChI is InChI=1S/C20H15N5S/c1-5-16(15-6-2-8-21-17(15)7-1)18-13-24-19(20-22-9-10-25(18)20)23-12-14-4-3-11-26-14/h1-11,13H,12H2,(H,23,24). The van der Waals surface area contributed by atoms with Gasteiger partial charge in [0.15, 0.2) is 11.5 Å². The summed E-state index contributed by atoms with van der Waals surface area (Å²) in [6, 6.07) is 14.4. The van der Waals surface area contributed by atoms with Gasteiger partial charge in [-0.15, -0.1) is 11.3 Å². The zero-order valence-electron chi connectivity index (χ0n) is 13.8. The zero-order valence-corrected chi connectivity index (χ0v) is 14.6. The molecule has 0 amide bonds. The van der Waals surface area contributed by atoms with Crippen LogP contribution < -0.4 is 5.32 Å². The molecule has 126 valence electrons. The molecule has 1 N–H and O–H groups in total. The Bertz CT molecular complexity index is 1190. The molecule has 4 heterocycles. The smallest absolute Gasteiger partial charge is 0.180 e. The summed E-state index contributed by atoms with van der Waals surface area (Å²) < 4.78 is 2.07. The van der Waals surface area contributed by atoms with Gasteiger partial charge < -0.3 is 5.32 Å². The number of pyridine rings is 1. The van der Waals surface area contributed by atoms with Crippen LogP contribution in [-0.4, -0.2) is 19.4 Å². The van der Waals surface area contributed by atoms with Crippen molar-refractivity contribution in [3.05, 3.63) is 77.5 Å². The Labute approximate surface area is 154 Å². The third-order valence-corrected chi connectivity index (χ3v) is 5.24. The first kappa shape index (κ1) is 15.0. The van der Waals surface area contributed by atoms with Crippen molar-refractivity contribution in [2.45, 2.75) is 6.54 Å². The number of hydrogen-bond donors (Lipinski definition) is 1. The van der Waals surface area contributed by atoms with E-state index in [2.05, 4.69) is 54.3 Å². The van der Waals surface area contributed by atoms with Gasteiger partial charge in [-0.2, -0.15) is 0 Å². The minimum absolute atomic E-state index is 0.741. The van der Waals surface area contributed by atoms with Gasteiger partial charge in [-0.25, -0.2) is 9.97 Å². The van der Waals surface area contributed by atoms with Crippen LogP contribution in [0.25, 0.3) is 27.8 Å². The van der Waals surface area contributed by atoms with Gasteiger partial charge in [0, 0.05) is 34.4 Å². The number of nitrogens with zero attached hydrogens (tertiary/aromatic N) is 4. The molecule has 0 aliphatic heterocycles. The van der Waals surface area contributed by atoms with Crippen molar-refractivity contribution < 1.29 is 0 Å². The molecule has 5 nitrogen and oxygen atoms in total. The lowest BCUT2D eigenvalue weighted by atomic mass is 10.1. The summed E-state index contributed by atoms with van der Waals surface area (Å²) in [7, 11) is 0. The number of hydrogen-bond acceptors (Lipinski definition) is 5. The molecule has 26 heavy (non-hydrogen) atoms. The van der Waals surface area contributed by atoms with Gasteiger partial charge in [-0.05, 0) is 23.6 Å². The van der Waals surface area contributed by atoms with Gasteiger partial charge in [0.25, 0.3) is 0 Å². The van der Waals surface area contributed by atoms with Crippen LogP contribution in [0, 0.1) is 0 Å². The monoisotopic (exact) mass is 357 g/mol. The van der Waals surface area contributed by atoms with Crippen LogP contribution in [0.3, 0.4) is 0 Å². The van der Waals surface area contributed by atoms with Crippen molar-refractivity contribution in [3.8, 4) is 11.3 Å². The second-order valence-electron chi connectivity index (χ2n) is 5.92. The molecule has 6 heteroatoms. The fraction of sp³-hybridized carbons (Fsp3) is 0.0500. The molecule has 5 rings (SSSR count). The minimum atomic E-state index is 0.741. The van der Waals surface area contributed by atoms with E-state index in [-0.39, 0.29) is 0 Å². The summed E-state index contributed by atoms with van der Waals surface area (Å²) in [5, 5.41) is 6.58. The highest BCUT2D eigenvalue weighted by atomic mass is 32.1. The van der Waals surface area contributed by atoms with E-state index in [0.717, 1.165) is 40.2 Å². The zero-order chi connectivity index (χ0) is 17.3. The normalized spacial score (nSPS) is 11.2. The van der Waals surface area contributed by atoms with Crippen molar-refractivity contribution in [2.24, 2.45) is 0 Å². The summed E-state index contributed by atoms with van der Waals surface area (Å²) in [5.74, 6) is 0.783. The molecule has 0 aliphatic carbocycles. The third kappa shape index (κ3) is 2.51. The van der Waals surface area contributed by atoms with Gasteiger partial charge in [-0.1, -0.05) is 24.3 Å². The number of aromatic nitrogens is 4. The topological polar surface area (TPSA) is 55.1 Å². The van der Waals surface area contributed by atoms with Crippen LogP contribution in [-0.2, 0) is 6.54 Å². The van der Waals surface area contributed by atoms with Crippen LogP contribution in [0.15, 0.2) is 72.6 Å². The number of nitrogens with one attached hydrogen (secondary N) is 1. The molecular formula is C20H15N5S. The highest BCUT2D eigenvalue weighted by Gasteiger charge is 2.12. The van der Waals surface area contributed by atoms with E-state index in [1.807, 2.05) is 36.8 Å². The molecule has 0 bridgehead atoms. The predicted molar refractivity (Wildman–Crippen MR) is 105 cm³/mol. The maximum atomic E-state index is 4.65. The van der Waals surface area contributed by atoms with Crippen LogP contribution in [0.1, 0.15) is 4.88 Å². The number of anilines is 1. The van der Waals surface area contributed by atoms with E-state index in [1.165, 1.54) is 4.88 Å². The molecule has 0 atom stereocenters. The van der Waals surface area contributed by atoms with E-state index < -0.39 is 0 Å². The SMILES string of the molecule is c1csc(CNc2ncc(-c3cccc4ncccc34)n3ccnc23)c1. The van der Waals surface area contributed by atoms with Gasteiger partial charge in [0.2, 0.25) is 0 Å². The Morgan fingerprint density at radius 3 is 2.88 bits per heavy atom. The predicted octanol–water partition coefficient (Wildman–Crippen LogP) is 4.62. The van der Waals surface area contributed by atoms with Crippen molar-refractivity contribution >= 4 is 33.7 Å². The third-order valence-electron chi connectivity index (χ3n) is 4.36. The highest BCUT2D eigenvalue weighted by molar-refractivity contribution is 7.09. The first-order valence-electron chi connectivity index (χ1n) is 8.32. The average molecular weight is 357 g/mol. The molecule has 0 spiro atoms. The number of fused-ring (bicyclic) bond motifs is 2. The van der Waals surface area contributed by atoms with E-state index in [4.69, 9.17) is 0 Å². The summed E-state index contributed by atoms with van der Waals surface area (Å²) in [4.78, 5) is 14.9. The lowest BCUT2D eigenvalue weighted by Crippen LogP contribution is -2.04. The van der Waals surface area contributed by atoms with Gasteiger partial charge >= 0.3 is 0 Å². The Morgan fingerprint density at radius 1 is 0.962 bits per heavy atom. The van der Waals surface area contributed by atoms with E-state index >= 15 is 0 Å². The molecule has 0 unspecified atom stereocenters. The molecule has 0 saturated carbocycles. The molecule has 5 aromatic rings. The van der Waals surface area contributed by atoms with Crippen molar-refractivity contribution in [2.75, 3.05) is 5.32 Å². The largest absolute Gasteiger partial charge is 0.362 e. The van der Waals surface area contributed by atoms with E-state index in [1.54, 1.807) is 17.5 Å². The van der Waals surface area contributed by atoms with Crippen molar-refractivity contribution in [3.63, 3.8) is 0 Å². The van der Waals surface area contributed by atoms with E-state index in [9.17, 15) is 0 Å². The fourth-order valence-corrected chi connectivity index (χ4v) is 3.80. The van der Waals surface area contributed by atoms with Crippen LogP contribution >= 0.6 is 11.3 Å². The Hall–Kier alpha value is -3.25. The number of thiophene rings is 1. The first-order chi connectivity index (χ1) is 12.9. The second-order valence-corrected chi connectivity index (χ2v) is 6.95. The maximum absolute atomic E-state index is 4.65. The molecule has 0 aliphatic rings. The van der Waals surface area contributed by atoms with Crippen molar-refractivity contribution in [1.29, 1.82) is 0 Å². The quantitative estimate of drug-likeness (QED) is 0.510. The van der Waals surface area contributed by atoms with Gasteiger partial charge in [0.1, 0.15) is 0 Å².